The first kappa shape index (κ1) is 26.7. The fourth-order valence-electron chi connectivity index (χ4n) is 4.04. The van der Waals surface area contributed by atoms with Crippen LogP contribution in [0.3, 0.4) is 0 Å². The molecule has 0 fully saturated rings. The molecule has 2 aromatic rings. The standard InChI is InChI=1S/C27H39NO5/c1-8-27(9-2,21-11-13-23(19(4)15-21)32-17-25(30)33-28)20-10-12-22(18(3)14-20)31-16-24(29)26(5,6)7/h10-15,24,29H,8-9,16-17,28H2,1-7H3. The lowest BCUT2D eigenvalue weighted by Crippen LogP contribution is -2.32. The highest BCUT2D eigenvalue weighted by molar-refractivity contribution is 5.70. The molecule has 182 valence electrons. The van der Waals surface area contributed by atoms with E-state index in [2.05, 4.69) is 43.0 Å². The zero-order valence-electron chi connectivity index (χ0n) is 21.0. The molecular weight excluding hydrogens is 418 g/mol. The van der Waals surface area contributed by atoms with Crippen molar-refractivity contribution >= 4 is 5.97 Å². The van der Waals surface area contributed by atoms with Crippen molar-refractivity contribution in [2.24, 2.45) is 11.3 Å². The fourth-order valence-corrected chi connectivity index (χ4v) is 4.04. The van der Waals surface area contributed by atoms with Gasteiger partial charge in [0.2, 0.25) is 0 Å². The lowest BCUT2D eigenvalue weighted by Gasteiger charge is -2.34. The monoisotopic (exact) mass is 457 g/mol. The number of hydrogen-bond acceptors (Lipinski definition) is 6. The maximum absolute atomic E-state index is 11.3. The van der Waals surface area contributed by atoms with Gasteiger partial charge in [-0.15, -0.1) is 0 Å². The van der Waals surface area contributed by atoms with Crippen LogP contribution in [0.25, 0.3) is 0 Å². The van der Waals surface area contributed by atoms with Crippen molar-refractivity contribution in [3.05, 3.63) is 58.7 Å². The van der Waals surface area contributed by atoms with Gasteiger partial charge < -0.3 is 19.4 Å². The van der Waals surface area contributed by atoms with Crippen LogP contribution in [0.1, 0.15) is 69.7 Å². The first-order chi connectivity index (χ1) is 15.5. The van der Waals surface area contributed by atoms with Crippen molar-refractivity contribution in [2.75, 3.05) is 13.2 Å². The molecule has 0 spiro atoms. The molecule has 0 aromatic heterocycles. The molecule has 0 aliphatic rings. The maximum Gasteiger partial charge on any atom is 0.362 e. The molecule has 0 saturated carbocycles. The number of aliphatic hydroxyl groups is 1. The number of nitrogens with two attached hydrogens (primary N) is 1. The van der Waals surface area contributed by atoms with E-state index in [1.807, 2.05) is 46.8 Å². The van der Waals surface area contributed by atoms with Gasteiger partial charge in [-0.3, -0.25) is 0 Å². The minimum atomic E-state index is -0.622. The molecule has 1 unspecified atom stereocenters. The molecule has 6 nitrogen and oxygen atoms in total. The number of aliphatic hydroxyl groups excluding tert-OH is 1. The van der Waals surface area contributed by atoms with E-state index in [1.165, 1.54) is 11.1 Å². The smallest absolute Gasteiger partial charge is 0.362 e. The predicted octanol–water partition coefficient (Wildman–Crippen LogP) is 4.99. The largest absolute Gasteiger partial charge is 0.491 e. The van der Waals surface area contributed by atoms with Gasteiger partial charge in [0.15, 0.2) is 6.61 Å². The summed E-state index contributed by atoms with van der Waals surface area (Å²) in [7, 11) is 0. The zero-order chi connectivity index (χ0) is 24.8. The fraction of sp³-hybridized carbons (Fsp3) is 0.519. The van der Waals surface area contributed by atoms with Crippen LogP contribution in [0, 0.1) is 19.3 Å². The molecule has 0 bridgehead atoms. The van der Waals surface area contributed by atoms with Gasteiger partial charge in [-0.2, -0.15) is 5.90 Å². The normalized spacial score (nSPS) is 12.9. The molecule has 2 aromatic carbocycles. The molecule has 0 heterocycles. The van der Waals surface area contributed by atoms with Gasteiger partial charge in [0.1, 0.15) is 18.1 Å². The first-order valence-electron chi connectivity index (χ1n) is 11.5. The molecule has 0 aliphatic carbocycles. The maximum atomic E-state index is 11.3. The highest BCUT2D eigenvalue weighted by atomic mass is 16.7. The lowest BCUT2D eigenvalue weighted by molar-refractivity contribution is -0.146. The molecular formula is C27H39NO5. The van der Waals surface area contributed by atoms with Crippen molar-refractivity contribution in [3.63, 3.8) is 0 Å². The van der Waals surface area contributed by atoms with Gasteiger partial charge in [-0.05, 0) is 66.5 Å². The summed E-state index contributed by atoms with van der Waals surface area (Å²) in [5.74, 6) is 5.67. The zero-order valence-corrected chi connectivity index (χ0v) is 21.0. The molecule has 0 saturated heterocycles. The van der Waals surface area contributed by atoms with E-state index in [1.54, 1.807) is 0 Å². The molecule has 2 rings (SSSR count). The molecule has 0 radical (unpaired) electrons. The molecule has 6 heteroatoms. The predicted molar refractivity (Wildman–Crippen MR) is 130 cm³/mol. The summed E-state index contributed by atoms with van der Waals surface area (Å²) >= 11 is 0. The van der Waals surface area contributed by atoms with E-state index < -0.39 is 12.1 Å². The highest BCUT2D eigenvalue weighted by Crippen LogP contribution is 2.41. The van der Waals surface area contributed by atoms with Crippen molar-refractivity contribution in [1.82, 2.24) is 0 Å². The van der Waals surface area contributed by atoms with E-state index in [0.717, 1.165) is 29.7 Å². The number of ether oxygens (including phenoxy) is 2. The first-order valence-corrected chi connectivity index (χ1v) is 11.5. The number of carbonyl (C=O) groups is 1. The number of rotatable bonds is 10. The van der Waals surface area contributed by atoms with Gasteiger partial charge in [0, 0.05) is 5.41 Å². The summed E-state index contributed by atoms with van der Waals surface area (Å²) < 4.78 is 11.5. The third kappa shape index (κ3) is 6.27. The van der Waals surface area contributed by atoms with Crippen molar-refractivity contribution in [2.45, 2.75) is 72.8 Å². The van der Waals surface area contributed by atoms with Crippen molar-refractivity contribution in [1.29, 1.82) is 0 Å². The minimum absolute atomic E-state index is 0.173. The van der Waals surface area contributed by atoms with Gasteiger partial charge in [0.05, 0.1) is 6.10 Å². The van der Waals surface area contributed by atoms with Gasteiger partial charge in [-0.25, -0.2) is 4.79 Å². The summed E-state index contributed by atoms with van der Waals surface area (Å²) in [5.41, 5.74) is 3.98. The summed E-state index contributed by atoms with van der Waals surface area (Å²) in [6.45, 7) is 14.4. The Balaban J connectivity index is 2.32. The summed E-state index contributed by atoms with van der Waals surface area (Å²) in [4.78, 5) is 15.5. The van der Waals surface area contributed by atoms with Crippen LogP contribution in [0.4, 0.5) is 0 Å². The van der Waals surface area contributed by atoms with Crippen LogP contribution in [0.5, 0.6) is 11.5 Å². The second-order valence-electron chi connectivity index (χ2n) is 9.72. The second kappa shape index (κ2) is 11.0. The topological polar surface area (TPSA) is 91.0 Å². The van der Waals surface area contributed by atoms with E-state index >= 15 is 0 Å². The summed E-state index contributed by atoms with van der Waals surface area (Å²) in [6, 6.07) is 12.4. The van der Waals surface area contributed by atoms with Crippen LogP contribution in [-0.4, -0.2) is 30.4 Å². The second-order valence-corrected chi connectivity index (χ2v) is 9.72. The Morgan fingerprint density at radius 2 is 1.42 bits per heavy atom. The lowest BCUT2D eigenvalue weighted by atomic mass is 9.70. The van der Waals surface area contributed by atoms with E-state index in [9.17, 15) is 9.90 Å². The van der Waals surface area contributed by atoms with E-state index in [0.29, 0.717) is 5.75 Å². The Labute approximate surface area is 198 Å². The van der Waals surface area contributed by atoms with Crippen LogP contribution in [0.2, 0.25) is 0 Å². The third-order valence-electron chi connectivity index (χ3n) is 6.54. The average Bonchev–Trinajstić information content (AvgIpc) is 2.78. The molecule has 33 heavy (non-hydrogen) atoms. The summed E-state index contributed by atoms with van der Waals surface area (Å²) in [5, 5.41) is 10.3. The van der Waals surface area contributed by atoms with E-state index in [4.69, 9.17) is 15.4 Å². The Morgan fingerprint density at radius 1 is 0.939 bits per heavy atom. The molecule has 0 aliphatic heterocycles. The number of hydrogen-bond donors (Lipinski definition) is 2. The Bertz CT molecular complexity index is 944. The van der Waals surface area contributed by atoms with Crippen molar-refractivity contribution in [3.8, 4) is 11.5 Å². The van der Waals surface area contributed by atoms with Crippen LogP contribution in [0.15, 0.2) is 36.4 Å². The quantitative estimate of drug-likeness (QED) is 0.489. The molecule has 1 atom stereocenters. The minimum Gasteiger partial charge on any atom is -0.491 e. The summed E-state index contributed by atoms with van der Waals surface area (Å²) in [6.07, 6.45) is 1.30. The Hall–Kier alpha value is -2.57. The SMILES string of the molecule is CCC(CC)(c1ccc(OCC(=O)ON)c(C)c1)c1ccc(OCC(O)C(C)(C)C)c(C)c1. The highest BCUT2D eigenvalue weighted by Gasteiger charge is 2.32. The Morgan fingerprint density at radius 3 is 1.82 bits per heavy atom. The third-order valence-corrected chi connectivity index (χ3v) is 6.54. The Kier molecular flexibility index (Phi) is 8.92. The molecule has 3 N–H and O–H groups in total. The molecule has 0 amide bonds. The van der Waals surface area contributed by atoms with Gasteiger partial charge in [0.25, 0.3) is 0 Å². The average molecular weight is 458 g/mol. The van der Waals surface area contributed by atoms with Crippen molar-refractivity contribution < 1.29 is 24.2 Å². The van der Waals surface area contributed by atoms with Crippen LogP contribution in [-0.2, 0) is 15.0 Å². The number of aryl methyl sites for hydroxylation is 2. The number of benzene rings is 2. The number of carbonyl (C=O) groups excluding carboxylic acids is 1. The van der Waals surface area contributed by atoms with Gasteiger partial charge >= 0.3 is 5.97 Å². The van der Waals surface area contributed by atoms with Crippen LogP contribution < -0.4 is 15.4 Å². The van der Waals surface area contributed by atoms with Gasteiger partial charge in [-0.1, -0.05) is 58.9 Å². The van der Waals surface area contributed by atoms with E-state index in [-0.39, 0.29) is 24.0 Å². The van der Waals surface area contributed by atoms with Crippen LogP contribution >= 0.6 is 0 Å².